The summed E-state index contributed by atoms with van der Waals surface area (Å²) in [5, 5.41) is 24.8. The second-order valence-electron chi connectivity index (χ2n) is 12.2. The maximum atomic E-state index is 13.6. The van der Waals surface area contributed by atoms with E-state index in [1.807, 2.05) is 0 Å². The van der Waals surface area contributed by atoms with Crippen LogP contribution in [0.4, 0.5) is 0 Å². The minimum Gasteiger partial charge on any atom is -0.511 e. The van der Waals surface area contributed by atoms with Crippen LogP contribution >= 0.6 is 23.2 Å². The van der Waals surface area contributed by atoms with Crippen molar-refractivity contribution in [3.8, 4) is 5.75 Å². The first-order valence-electron chi connectivity index (χ1n) is 15.8. The van der Waals surface area contributed by atoms with E-state index in [9.17, 15) is 34.2 Å². The highest BCUT2D eigenvalue weighted by molar-refractivity contribution is 6.31. The quantitative estimate of drug-likeness (QED) is 0.0947. The van der Waals surface area contributed by atoms with Crippen LogP contribution < -0.4 is 4.74 Å². The number of aliphatic hydroxyl groups is 2. The Hall–Kier alpha value is -5.17. The Morgan fingerprint density at radius 3 is 1.75 bits per heavy atom. The number of aliphatic hydroxyl groups excluding tert-OH is 1. The maximum Gasteiger partial charge on any atom is 0.344 e. The predicted molar refractivity (Wildman–Crippen MR) is 187 cm³/mol. The highest BCUT2D eigenvalue weighted by atomic mass is 35.5. The van der Waals surface area contributed by atoms with Crippen molar-refractivity contribution in [1.29, 1.82) is 0 Å². The molecule has 12 nitrogen and oxygen atoms in total. The monoisotopic (exact) mass is 752 g/mol. The van der Waals surface area contributed by atoms with Crippen LogP contribution in [0.5, 0.6) is 5.75 Å². The molecule has 0 heterocycles. The number of carbonyl (C=O) groups is 5. The molecular weight excluding hydrogens is 719 g/mol. The molecule has 14 heteroatoms. The van der Waals surface area contributed by atoms with E-state index in [1.54, 1.807) is 54.6 Å². The Kier molecular flexibility index (Phi) is 11.4. The first kappa shape index (κ1) is 38.1. The van der Waals surface area contributed by atoms with E-state index in [4.69, 9.17) is 46.9 Å². The topological polar surface area (TPSA) is 172 Å². The van der Waals surface area contributed by atoms with Gasteiger partial charge < -0.3 is 33.9 Å². The molecule has 2 N–H and O–H groups in total. The summed E-state index contributed by atoms with van der Waals surface area (Å²) >= 11 is 12.1. The van der Waals surface area contributed by atoms with Crippen LogP contribution in [-0.4, -0.2) is 74.1 Å². The minimum atomic E-state index is -2.70. The highest BCUT2D eigenvalue weighted by Gasteiger charge is 2.71. The van der Waals surface area contributed by atoms with Gasteiger partial charge in [-0.1, -0.05) is 59.6 Å². The summed E-state index contributed by atoms with van der Waals surface area (Å²) in [7, 11) is 4.13. The van der Waals surface area contributed by atoms with Gasteiger partial charge in [-0.25, -0.2) is 9.59 Å². The lowest BCUT2D eigenvalue weighted by atomic mass is 9.49. The molecule has 3 aromatic carbocycles. The summed E-state index contributed by atoms with van der Waals surface area (Å²) in [6, 6.07) is 19.4. The molecule has 1 unspecified atom stereocenters. The van der Waals surface area contributed by atoms with E-state index in [2.05, 4.69) is 0 Å². The van der Waals surface area contributed by atoms with Crippen molar-refractivity contribution >= 4 is 64.7 Å². The van der Waals surface area contributed by atoms with Crippen molar-refractivity contribution in [2.24, 2.45) is 23.7 Å². The fraction of sp³-hybridized carbons (Fsp3) is 0.289. The zero-order valence-electron chi connectivity index (χ0n) is 28.3. The summed E-state index contributed by atoms with van der Waals surface area (Å²) < 4.78 is 25.6. The first-order chi connectivity index (χ1) is 24.8. The van der Waals surface area contributed by atoms with E-state index < -0.39 is 76.4 Å². The van der Waals surface area contributed by atoms with Gasteiger partial charge >= 0.3 is 29.8 Å². The van der Waals surface area contributed by atoms with E-state index >= 15 is 0 Å². The van der Waals surface area contributed by atoms with E-state index in [0.717, 1.165) is 28.4 Å². The zero-order valence-corrected chi connectivity index (χ0v) is 29.8. The molecule has 2 aliphatic rings. The SMILES string of the molecule is COC(=O)C1=C(O)C(C(=O)OC)[C@@]2(O)[C@@H](C(=O)OC)[C@@H](c3ccc(OC(=O)/C(=C/c4ccc(Cl)cc4)c4ccc(Cl)cc4)cc3)C[C@@H]1[C@@H]2C(=O)OC. The molecule has 0 amide bonds. The molecule has 2 bridgehead atoms. The number of halogens is 2. The lowest BCUT2D eigenvalue weighted by Gasteiger charge is -2.55. The largest absolute Gasteiger partial charge is 0.511 e. The summed E-state index contributed by atoms with van der Waals surface area (Å²) in [6.07, 6.45) is 1.45. The number of hydrogen-bond donors (Lipinski definition) is 2. The van der Waals surface area contributed by atoms with Crippen molar-refractivity contribution in [3.05, 3.63) is 111 Å². The van der Waals surface area contributed by atoms with E-state index in [0.29, 0.717) is 26.7 Å². The van der Waals surface area contributed by atoms with Gasteiger partial charge in [-0.2, -0.15) is 0 Å². The second kappa shape index (κ2) is 15.6. The summed E-state index contributed by atoms with van der Waals surface area (Å²) in [4.78, 5) is 66.9. The van der Waals surface area contributed by atoms with Crippen molar-refractivity contribution in [2.75, 3.05) is 28.4 Å². The van der Waals surface area contributed by atoms with Gasteiger partial charge in [0.05, 0.1) is 51.4 Å². The lowest BCUT2D eigenvalue weighted by molar-refractivity contribution is -0.208. The average molecular weight is 754 g/mol. The van der Waals surface area contributed by atoms with Crippen LogP contribution in [0, 0.1) is 23.7 Å². The second-order valence-corrected chi connectivity index (χ2v) is 13.0. The molecule has 0 aliphatic heterocycles. The summed E-state index contributed by atoms with van der Waals surface area (Å²) in [6.45, 7) is 0. The molecule has 0 saturated heterocycles. The van der Waals surface area contributed by atoms with Gasteiger partial charge in [0.2, 0.25) is 0 Å². The average Bonchev–Trinajstić information content (AvgIpc) is 3.14. The van der Waals surface area contributed by atoms with Crippen LogP contribution in [0.15, 0.2) is 84.1 Å². The van der Waals surface area contributed by atoms with Crippen LogP contribution in [0.3, 0.4) is 0 Å². The molecule has 6 atom stereocenters. The molecule has 5 rings (SSSR count). The van der Waals surface area contributed by atoms with Gasteiger partial charge in [-0.3, -0.25) is 14.4 Å². The number of esters is 5. The van der Waals surface area contributed by atoms with Gasteiger partial charge in [0, 0.05) is 21.9 Å². The number of benzene rings is 3. The van der Waals surface area contributed by atoms with E-state index in [-0.39, 0.29) is 17.7 Å². The number of fused-ring (bicyclic) bond motifs is 2. The molecule has 52 heavy (non-hydrogen) atoms. The standard InChI is InChI=1S/C38H34Cl2O12/c1-48-34(43)28-27-18-25(29(35(44)49-2)38(47,30(27)36(45)50-3)31(32(28)41)37(46)51-4)20-9-15-24(16-10-20)52-33(42)26(21-7-13-23(40)14-8-21)17-19-5-11-22(39)12-6-19/h5-17,25,27,29-31,41,47H,18H2,1-4H3/b26-17+/t25-,27+,29-,30-,31?,38-/m1/s1. The molecular formula is C38H34Cl2O12. The summed E-state index contributed by atoms with van der Waals surface area (Å²) in [5.41, 5.74) is -1.35. The number of rotatable bonds is 9. The van der Waals surface area contributed by atoms with Crippen LogP contribution in [0.1, 0.15) is 29.0 Å². The number of hydrogen-bond acceptors (Lipinski definition) is 12. The molecule has 0 spiro atoms. The predicted octanol–water partition coefficient (Wildman–Crippen LogP) is 5.34. The molecule has 3 aromatic rings. The van der Waals surface area contributed by atoms with Crippen molar-refractivity contribution < 1.29 is 57.9 Å². The fourth-order valence-electron chi connectivity index (χ4n) is 7.22. The van der Waals surface area contributed by atoms with Gasteiger partial charge in [0.1, 0.15) is 23.0 Å². The van der Waals surface area contributed by atoms with Crippen LogP contribution in [0.2, 0.25) is 10.0 Å². The fourth-order valence-corrected chi connectivity index (χ4v) is 7.48. The zero-order chi connectivity index (χ0) is 37.9. The van der Waals surface area contributed by atoms with Crippen LogP contribution in [-0.2, 0) is 42.9 Å². The Morgan fingerprint density at radius 2 is 1.23 bits per heavy atom. The Morgan fingerprint density at radius 1 is 0.712 bits per heavy atom. The lowest BCUT2D eigenvalue weighted by Crippen LogP contribution is -2.68. The van der Waals surface area contributed by atoms with Gasteiger partial charge in [0.15, 0.2) is 0 Å². The molecule has 272 valence electrons. The first-order valence-corrected chi connectivity index (χ1v) is 16.6. The third-order valence-corrected chi connectivity index (χ3v) is 10.0. The van der Waals surface area contributed by atoms with Crippen molar-refractivity contribution in [1.82, 2.24) is 0 Å². The number of ether oxygens (including phenoxy) is 5. The molecule has 0 aromatic heterocycles. The normalized spacial score (nSPS) is 24.0. The molecule has 2 aliphatic carbocycles. The van der Waals surface area contributed by atoms with Crippen LogP contribution in [0.25, 0.3) is 11.6 Å². The van der Waals surface area contributed by atoms with E-state index in [1.165, 1.54) is 24.3 Å². The Bertz CT molecular complexity index is 1940. The Balaban J connectivity index is 1.56. The molecule has 1 fully saturated rings. The Labute approximate surface area is 308 Å². The molecule has 0 radical (unpaired) electrons. The van der Waals surface area contributed by atoms with Gasteiger partial charge in [-0.15, -0.1) is 0 Å². The summed E-state index contributed by atoms with van der Waals surface area (Å²) in [5.74, 6) is -13.6. The van der Waals surface area contributed by atoms with Gasteiger partial charge in [-0.05, 0) is 65.6 Å². The third-order valence-electron chi connectivity index (χ3n) is 9.52. The minimum absolute atomic E-state index is 0.113. The van der Waals surface area contributed by atoms with Gasteiger partial charge in [0.25, 0.3) is 0 Å². The third kappa shape index (κ3) is 7.01. The molecule has 1 saturated carbocycles. The smallest absolute Gasteiger partial charge is 0.344 e. The highest BCUT2D eigenvalue weighted by Crippen LogP contribution is 2.60. The van der Waals surface area contributed by atoms with Crippen molar-refractivity contribution in [3.63, 3.8) is 0 Å². The number of carbonyl (C=O) groups excluding carboxylic acids is 5. The number of methoxy groups -OCH3 is 4. The van der Waals surface area contributed by atoms with Crippen molar-refractivity contribution in [2.45, 2.75) is 17.9 Å². The maximum absolute atomic E-state index is 13.6.